The minimum Gasteiger partial charge on any atom is -0.493 e. The number of ether oxygens (including phenoxy) is 4. The molecule has 0 bridgehead atoms. The quantitative estimate of drug-likeness (QED) is 0.779. The molecule has 0 aromatic heterocycles. The Balaban J connectivity index is 2.62. The maximum atomic E-state index is 9.15. The van der Waals surface area contributed by atoms with E-state index in [9.17, 15) is 0 Å². The summed E-state index contributed by atoms with van der Waals surface area (Å²) >= 11 is 0. The van der Waals surface area contributed by atoms with Crippen molar-refractivity contribution in [1.29, 1.82) is 5.26 Å². The summed E-state index contributed by atoms with van der Waals surface area (Å²) in [6.45, 7) is 0.729. The Morgan fingerprint density at radius 1 is 1.38 bits per heavy atom. The molecule has 1 aliphatic heterocycles. The molecule has 0 N–H and O–H groups in total. The largest absolute Gasteiger partial charge is 0.493 e. The van der Waals surface area contributed by atoms with Crippen molar-refractivity contribution in [3.63, 3.8) is 0 Å². The first kappa shape index (κ1) is 14.9. The maximum Gasteiger partial charge on any atom is 0.203 e. The van der Waals surface area contributed by atoms with E-state index in [1.807, 2.05) is 18.2 Å². The molecule has 1 aromatic carbocycles. The fraction of sp³-hybridized carbons (Fsp3) is 0.312. The molecule has 1 heterocycles. The summed E-state index contributed by atoms with van der Waals surface area (Å²) < 4.78 is 21.4. The van der Waals surface area contributed by atoms with Crippen molar-refractivity contribution in [3.8, 4) is 23.3 Å². The number of nitrogens with zero attached hydrogens (tertiary/aromatic N) is 1. The Kier molecular flexibility index (Phi) is 4.85. The van der Waals surface area contributed by atoms with Crippen molar-refractivity contribution >= 4 is 12.2 Å². The molecule has 0 atom stereocenters. The van der Waals surface area contributed by atoms with Crippen molar-refractivity contribution < 1.29 is 18.9 Å². The zero-order chi connectivity index (χ0) is 15.2. The minimum absolute atomic E-state index is 0.254. The standard InChI is InChI=1S/C16H17NO4/c1-18-10-11(9-17)7-12-8-14(19-2)16(20-3)15-13(12)5-4-6-21-15/h4-5,7-8H,6,10H2,1-3H3/b11-7-. The molecule has 0 amide bonds. The number of nitriles is 1. The first-order valence-corrected chi connectivity index (χ1v) is 6.43. The van der Waals surface area contributed by atoms with E-state index in [1.54, 1.807) is 27.4 Å². The van der Waals surface area contributed by atoms with Gasteiger partial charge in [0.05, 0.1) is 32.5 Å². The van der Waals surface area contributed by atoms with Crippen LogP contribution in [0.3, 0.4) is 0 Å². The van der Waals surface area contributed by atoms with Crippen LogP contribution in [0.4, 0.5) is 0 Å². The molecule has 1 aliphatic rings. The third-order valence-corrected chi connectivity index (χ3v) is 3.08. The second-order valence-corrected chi connectivity index (χ2v) is 4.37. The molecule has 0 radical (unpaired) electrons. The van der Waals surface area contributed by atoms with Crippen LogP contribution in [0, 0.1) is 11.3 Å². The SMILES string of the molecule is COC/C(C#N)=C\c1cc(OC)c(OC)c2c1C=CCO2. The van der Waals surface area contributed by atoms with Crippen LogP contribution in [0.2, 0.25) is 0 Å². The van der Waals surface area contributed by atoms with E-state index in [4.69, 9.17) is 24.2 Å². The monoisotopic (exact) mass is 287 g/mol. The molecule has 1 aromatic rings. The molecule has 110 valence electrons. The lowest BCUT2D eigenvalue weighted by atomic mass is 10.0. The molecule has 0 fully saturated rings. The van der Waals surface area contributed by atoms with Crippen LogP contribution < -0.4 is 14.2 Å². The molecule has 0 aliphatic carbocycles. The van der Waals surface area contributed by atoms with E-state index >= 15 is 0 Å². The number of fused-ring (bicyclic) bond motifs is 1. The molecule has 0 unspecified atom stereocenters. The Morgan fingerprint density at radius 2 is 2.19 bits per heavy atom. The van der Waals surface area contributed by atoms with Gasteiger partial charge in [0.2, 0.25) is 5.75 Å². The predicted molar refractivity (Wildman–Crippen MR) is 79.5 cm³/mol. The highest BCUT2D eigenvalue weighted by Crippen LogP contribution is 2.44. The predicted octanol–water partition coefficient (Wildman–Crippen LogP) is 2.66. The van der Waals surface area contributed by atoms with Gasteiger partial charge in [0.1, 0.15) is 6.61 Å². The summed E-state index contributed by atoms with van der Waals surface area (Å²) in [6, 6.07) is 3.95. The summed E-state index contributed by atoms with van der Waals surface area (Å²) in [5.74, 6) is 1.74. The van der Waals surface area contributed by atoms with Gasteiger partial charge >= 0.3 is 0 Å². The van der Waals surface area contributed by atoms with Gasteiger partial charge < -0.3 is 18.9 Å². The normalized spacial score (nSPS) is 13.1. The highest BCUT2D eigenvalue weighted by Gasteiger charge is 2.20. The fourth-order valence-corrected chi connectivity index (χ4v) is 2.18. The Bertz CT molecular complexity index is 626. The van der Waals surface area contributed by atoms with E-state index in [-0.39, 0.29) is 6.61 Å². The minimum atomic E-state index is 0.254. The zero-order valence-corrected chi connectivity index (χ0v) is 12.3. The molecule has 2 rings (SSSR count). The Morgan fingerprint density at radius 3 is 2.81 bits per heavy atom. The smallest absolute Gasteiger partial charge is 0.203 e. The third kappa shape index (κ3) is 3.01. The lowest BCUT2D eigenvalue weighted by molar-refractivity contribution is 0.229. The molecule has 21 heavy (non-hydrogen) atoms. The van der Waals surface area contributed by atoms with Crippen LogP contribution in [0.15, 0.2) is 17.7 Å². The average Bonchev–Trinajstić information content (AvgIpc) is 2.53. The van der Waals surface area contributed by atoms with Gasteiger partial charge in [-0.3, -0.25) is 0 Å². The highest BCUT2D eigenvalue weighted by atomic mass is 16.5. The summed E-state index contributed by atoms with van der Waals surface area (Å²) in [7, 11) is 4.69. The summed E-state index contributed by atoms with van der Waals surface area (Å²) in [6.07, 6.45) is 5.63. The number of methoxy groups -OCH3 is 3. The Labute approximate surface area is 124 Å². The van der Waals surface area contributed by atoms with Gasteiger partial charge in [0, 0.05) is 12.7 Å². The first-order valence-electron chi connectivity index (χ1n) is 6.43. The molecular weight excluding hydrogens is 270 g/mol. The summed E-state index contributed by atoms with van der Waals surface area (Å²) in [5, 5.41) is 9.15. The number of hydrogen-bond donors (Lipinski definition) is 0. The maximum absolute atomic E-state index is 9.15. The molecule has 0 saturated heterocycles. The summed E-state index contributed by atoms with van der Waals surface area (Å²) in [5.41, 5.74) is 2.21. The van der Waals surface area contributed by atoms with Crippen LogP contribution in [0.5, 0.6) is 17.2 Å². The lowest BCUT2D eigenvalue weighted by Crippen LogP contribution is -2.05. The van der Waals surface area contributed by atoms with Gasteiger partial charge in [-0.25, -0.2) is 0 Å². The summed E-state index contributed by atoms with van der Waals surface area (Å²) in [4.78, 5) is 0. The van der Waals surface area contributed by atoms with Gasteiger partial charge in [-0.1, -0.05) is 6.08 Å². The van der Waals surface area contributed by atoms with Crippen LogP contribution >= 0.6 is 0 Å². The van der Waals surface area contributed by atoms with Crippen molar-refractivity contribution in [1.82, 2.24) is 0 Å². The number of rotatable bonds is 5. The van der Waals surface area contributed by atoms with Crippen molar-refractivity contribution in [2.24, 2.45) is 0 Å². The second-order valence-electron chi connectivity index (χ2n) is 4.37. The zero-order valence-electron chi connectivity index (χ0n) is 12.3. The van der Waals surface area contributed by atoms with Gasteiger partial charge in [-0.2, -0.15) is 5.26 Å². The van der Waals surface area contributed by atoms with Crippen LogP contribution in [0.1, 0.15) is 11.1 Å². The fourth-order valence-electron chi connectivity index (χ4n) is 2.18. The lowest BCUT2D eigenvalue weighted by Gasteiger charge is -2.20. The van der Waals surface area contributed by atoms with E-state index in [1.165, 1.54) is 0 Å². The van der Waals surface area contributed by atoms with Crippen molar-refractivity contribution in [2.45, 2.75) is 0 Å². The average molecular weight is 287 g/mol. The topological polar surface area (TPSA) is 60.7 Å². The molecule has 5 heteroatoms. The van der Waals surface area contributed by atoms with E-state index < -0.39 is 0 Å². The second kappa shape index (κ2) is 6.82. The van der Waals surface area contributed by atoms with Crippen molar-refractivity contribution in [3.05, 3.63) is 28.8 Å². The van der Waals surface area contributed by atoms with Gasteiger partial charge in [-0.05, 0) is 23.8 Å². The first-order chi connectivity index (χ1) is 10.2. The molecular formula is C16H17NO4. The molecule has 0 spiro atoms. The van der Waals surface area contributed by atoms with Gasteiger partial charge in [0.25, 0.3) is 0 Å². The van der Waals surface area contributed by atoms with Gasteiger partial charge in [0.15, 0.2) is 11.5 Å². The van der Waals surface area contributed by atoms with Crippen LogP contribution in [0.25, 0.3) is 12.2 Å². The third-order valence-electron chi connectivity index (χ3n) is 3.08. The van der Waals surface area contributed by atoms with Gasteiger partial charge in [-0.15, -0.1) is 0 Å². The van der Waals surface area contributed by atoms with Crippen LogP contribution in [-0.2, 0) is 4.74 Å². The van der Waals surface area contributed by atoms with Crippen molar-refractivity contribution in [2.75, 3.05) is 34.5 Å². The number of benzene rings is 1. The van der Waals surface area contributed by atoms with E-state index in [2.05, 4.69) is 6.07 Å². The molecule has 0 saturated carbocycles. The van der Waals surface area contributed by atoms with Crippen LogP contribution in [-0.4, -0.2) is 34.5 Å². The van der Waals surface area contributed by atoms with E-state index in [0.717, 1.165) is 11.1 Å². The Hall–Kier alpha value is -2.45. The van der Waals surface area contributed by atoms with E-state index in [0.29, 0.717) is 29.4 Å². The molecule has 5 nitrogen and oxygen atoms in total. The number of hydrogen-bond acceptors (Lipinski definition) is 5. The highest BCUT2D eigenvalue weighted by molar-refractivity contribution is 5.78.